The second-order valence-electron chi connectivity index (χ2n) is 8.16. The summed E-state index contributed by atoms with van der Waals surface area (Å²) in [6, 6.07) is 0.464. The molecule has 0 aromatic carbocycles. The van der Waals surface area contributed by atoms with E-state index in [4.69, 9.17) is 9.97 Å². The lowest BCUT2D eigenvalue weighted by Gasteiger charge is -2.27. The third-order valence-electron chi connectivity index (χ3n) is 6.25. The molecule has 7 heteroatoms. The zero-order chi connectivity index (χ0) is 19.1. The van der Waals surface area contributed by atoms with E-state index in [0.717, 1.165) is 36.1 Å². The van der Waals surface area contributed by atoms with Gasteiger partial charge in [-0.05, 0) is 58.2 Å². The lowest BCUT2D eigenvalue weighted by Crippen LogP contribution is -2.34. The summed E-state index contributed by atoms with van der Waals surface area (Å²) in [5, 5.41) is 1.27. The molecule has 2 saturated heterocycles. The molecule has 5 heterocycles. The Morgan fingerprint density at radius 1 is 1.11 bits per heavy atom. The van der Waals surface area contributed by atoms with Crippen LogP contribution in [0.3, 0.4) is 0 Å². The summed E-state index contributed by atoms with van der Waals surface area (Å²) < 4.78 is 2.19. The summed E-state index contributed by atoms with van der Waals surface area (Å²) in [4.78, 5) is 21.9. The minimum Gasteiger partial charge on any atom is -0.351 e. The van der Waals surface area contributed by atoms with Crippen molar-refractivity contribution in [1.29, 1.82) is 0 Å². The minimum absolute atomic E-state index is 0.464. The summed E-state index contributed by atoms with van der Waals surface area (Å²) >= 11 is 1.82. The lowest BCUT2D eigenvalue weighted by atomic mass is 10.1. The standard InChI is InChI=1S/C21H28N6S/c1-15-16(2)28-21-19(15)20(23-18(24-21)13-25-8-3-4-9-25)27-10-5-6-17(27)12-26-11-7-22-14-26/h7,11,14,17H,3-6,8-10,12-13H2,1-2H3. The SMILES string of the molecule is Cc1sc2nc(CN3CCCC3)nc(N3CCCC3Cn3ccnc3)c2c1C. The molecule has 2 aliphatic heterocycles. The van der Waals surface area contributed by atoms with E-state index in [0.29, 0.717) is 6.04 Å². The van der Waals surface area contributed by atoms with Gasteiger partial charge in [-0.25, -0.2) is 15.0 Å². The van der Waals surface area contributed by atoms with Crippen LogP contribution >= 0.6 is 11.3 Å². The Kier molecular flexibility index (Phi) is 4.80. The van der Waals surface area contributed by atoms with E-state index < -0.39 is 0 Å². The number of aromatic nitrogens is 4. The van der Waals surface area contributed by atoms with Gasteiger partial charge >= 0.3 is 0 Å². The minimum atomic E-state index is 0.464. The molecule has 3 aromatic rings. The van der Waals surface area contributed by atoms with Crippen LogP contribution in [0.1, 0.15) is 41.9 Å². The number of nitrogens with zero attached hydrogens (tertiary/aromatic N) is 6. The van der Waals surface area contributed by atoms with Crippen LogP contribution in [0.4, 0.5) is 5.82 Å². The van der Waals surface area contributed by atoms with Gasteiger partial charge in [-0.1, -0.05) is 0 Å². The molecule has 0 radical (unpaired) electrons. The molecule has 0 spiro atoms. The van der Waals surface area contributed by atoms with E-state index >= 15 is 0 Å². The molecular formula is C21H28N6S. The quantitative estimate of drug-likeness (QED) is 0.657. The van der Waals surface area contributed by atoms with E-state index in [-0.39, 0.29) is 0 Å². The van der Waals surface area contributed by atoms with E-state index in [2.05, 4.69) is 39.4 Å². The first kappa shape index (κ1) is 18.1. The molecule has 5 rings (SSSR count). The van der Waals surface area contributed by atoms with Gasteiger partial charge in [0.15, 0.2) is 0 Å². The Balaban J connectivity index is 1.53. The average molecular weight is 397 g/mol. The Morgan fingerprint density at radius 2 is 1.96 bits per heavy atom. The first-order valence-electron chi connectivity index (χ1n) is 10.4. The maximum Gasteiger partial charge on any atom is 0.146 e. The smallest absolute Gasteiger partial charge is 0.146 e. The second-order valence-corrected chi connectivity index (χ2v) is 9.36. The molecule has 0 N–H and O–H groups in total. The highest BCUT2D eigenvalue weighted by Gasteiger charge is 2.29. The van der Waals surface area contributed by atoms with Crippen LogP contribution in [0, 0.1) is 13.8 Å². The largest absolute Gasteiger partial charge is 0.351 e. The fourth-order valence-electron chi connectivity index (χ4n) is 4.63. The molecule has 0 bridgehead atoms. The number of anilines is 1. The molecule has 3 aromatic heterocycles. The van der Waals surface area contributed by atoms with Crippen molar-refractivity contribution in [2.75, 3.05) is 24.5 Å². The highest BCUT2D eigenvalue weighted by molar-refractivity contribution is 7.18. The monoisotopic (exact) mass is 396 g/mol. The first-order valence-corrected chi connectivity index (χ1v) is 11.2. The van der Waals surface area contributed by atoms with Crippen molar-refractivity contribution in [3.8, 4) is 0 Å². The normalized spacial score (nSPS) is 20.6. The maximum atomic E-state index is 5.16. The van der Waals surface area contributed by atoms with Crippen molar-refractivity contribution in [2.45, 2.75) is 58.7 Å². The lowest BCUT2D eigenvalue weighted by molar-refractivity contribution is 0.323. The fourth-order valence-corrected chi connectivity index (χ4v) is 5.68. The second kappa shape index (κ2) is 7.44. The van der Waals surface area contributed by atoms with Gasteiger partial charge in [-0.15, -0.1) is 11.3 Å². The van der Waals surface area contributed by atoms with Crippen molar-refractivity contribution >= 4 is 27.4 Å². The highest BCUT2D eigenvalue weighted by Crippen LogP contribution is 2.38. The molecule has 2 fully saturated rings. The van der Waals surface area contributed by atoms with Crippen molar-refractivity contribution in [1.82, 2.24) is 24.4 Å². The van der Waals surface area contributed by atoms with Gasteiger partial charge in [0.25, 0.3) is 0 Å². The van der Waals surface area contributed by atoms with Crippen LogP contribution in [0.5, 0.6) is 0 Å². The number of hydrogen-bond acceptors (Lipinski definition) is 6. The van der Waals surface area contributed by atoms with Gasteiger partial charge in [0, 0.05) is 36.4 Å². The predicted molar refractivity (Wildman–Crippen MR) is 114 cm³/mol. The summed E-state index contributed by atoms with van der Waals surface area (Å²) in [5.74, 6) is 2.14. The van der Waals surface area contributed by atoms with Gasteiger partial charge in [-0.2, -0.15) is 0 Å². The van der Waals surface area contributed by atoms with Crippen molar-refractivity contribution in [3.05, 3.63) is 35.0 Å². The number of fused-ring (bicyclic) bond motifs is 1. The van der Waals surface area contributed by atoms with Crippen LogP contribution in [0.25, 0.3) is 10.2 Å². The molecule has 2 aliphatic rings. The molecule has 0 aliphatic carbocycles. The van der Waals surface area contributed by atoms with Gasteiger partial charge in [0.05, 0.1) is 18.3 Å². The van der Waals surface area contributed by atoms with E-state index in [1.165, 1.54) is 54.6 Å². The summed E-state index contributed by atoms with van der Waals surface area (Å²) in [5.41, 5.74) is 1.34. The van der Waals surface area contributed by atoms with Crippen molar-refractivity contribution < 1.29 is 0 Å². The van der Waals surface area contributed by atoms with Crippen LogP contribution < -0.4 is 4.90 Å². The Morgan fingerprint density at radius 3 is 2.75 bits per heavy atom. The van der Waals surface area contributed by atoms with Gasteiger partial charge in [-0.3, -0.25) is 4.90 Å². The highest BCUT2D eigenvalue weighted by atomic mass is 32.1. The molecule has 0 saturated carbocycles. The van der Waals surface area contributed by atoms with Crippen LogP contribution in [-0.4, -0.2) is 50.1 Å². The Bertz CT molecular complexity index is 957. The average Bonchev–Trinajstić information content (AvgIpc) is 3.46. The fraction of sp³-hybridized carbons (Fsp3) is 0.571. The topological polar surface area (TPSA) is 50.1 Å². The van der Waals surface area contributed by atoms with Crippen LogP contribution in [-0.2, 0) is 13.1 Å². The summed E-state index contributed by atoms with van der Waals surface area (Å²) in [6.45, 7) is 9.69. The zero-order valence-corrected chi connectivity index (χ0v) is 17.6. The van der Waals surface area contributed by atoms with Gasteiger partial charge in [0.2, 0.25) is 0 Å². The first-order chi connectivity index (χ1) is 13.7. The van der Waals surface area contributed by atoms with E-state index in [9.17, 15) is 0 Å². The zero-order valence-electron chi connectivity index (χ0n) is 16.8. The van der Waals surface area contributed by atoms with Crippen molar-refractivity contribution in [3.63, 3.8) is 0 Å². The number of aryl methyl sites for hydroxylation is 2. The van der Waals surface area contributed by atoms with Gasteiger partial charge in [0.1, 0.15) is 16.5 Å². The number of likely N-dealkylation sites (tertiary alicyclic amines) is 1. The van der Waals surface area contributed by atoms with Crippen LogP contribution in [0.15, 0.2) is 18.7 Å². The number of imidazole rings is 1. The summed E-state index contributed by atoms with van der Waals surface area (Å²) in [6.07, 6.45) is 10.9. The summed E-state index contributed by atoms with van der Waals surface area (Å²) in [7, 11) is 0. The molecular weight excluding hydrogens is 368 g/mol. The molecule has 148 valence electrons. The number of thiophene rings is 1. The predicted octanol–water partition coefficient (Wildman–Crippen LogP) is 3.77. The molecule has 6 nitrogen and oxygen atoms in total. The molecule has 1 atom stereocenters. The Labute approximate surface area is 170 Å². The molecule has 28 heavy (non-hydrogen) atoms. The van der Waals surface area contributed by atoms with E-state index in [1.807, 2.05) is 23.9 Å². The van der Waals surface area contributed by atoms with Crippen LogP contribution in [0.2, 0.25) is 0 Å². The molecule has 1 unspecified atom stereocenters. The van der Waals surface area contributed by atoms with Gasteiger partial charge < -0.3 is 9.47 Å². The number of rotatable bonds is 5. The van der Waals surface area contributed by atoms with Crippen molar-refractivity contribution in [2.24, 2.45) is 0 Å². The van der Waals surface area contributed by atoms with E-state index in [1.54, 1.807) is 0 Å². The third kappa shape index (κ3) is 3.31. The number of hydrogen-bond donors (Lipinski definition) is 0. The molecule has 0 amide bonds. The third-order valence-corrected chi connectivity index (χ3v) is 7.35. The maximum absolute atomic E-state index is 5.16. The Hall–Kier alpha value is -1.99.